The lowest BCUT2D eigenvalue weighted by molar-refractivity contribution is 0.0779. The van der Waals surface area contributed by atoms with E-state index in [0.29, 0.717) is 23.9 Å². The second kappa shape index (κ2) is 6.95. The average molecular weight is 281 g/mol. The molecular formula is C13H17ClN4O. The molecule has 1 unspecified atom stereocenters. The van der Waals surface area contributed by atoms with Crippen LogP contribution in [-0.4, -0.2) is 35.9 Å². The van der Waals surface area contributed by atoms with E-state index in [9.17, 15) is 4.79 Å². The predicted molar refractivity (Wildman–Crippen MR) is 75.1 cm³/mol. The third-order valence-corrected chi connectivity index (χ3v) is 2.83. The molecule has 0 aliphatic heterocycles. The van der Waals surface area contributed by atoms with Crippen LogP contribution in [0.4, 0.5) is 5.82 Å². The van der Waals surface area contributed by atoms with Crippen LogP contribution >= 0.6 is 11.6 Å². The van der Waals surface area contributed by atoms with Gasteiger partial charge in [-0.3, -0.25) is 4.79 Å². The Kier molecular flexibility index (Phi) is 5.58. The van der Waals surface area contributed by atoms with Crippen LogP contribution in [0.3, 0.4) is 0 Å². The Balaban J connectivity index is 2.92. The minimum atomic E-state index is -0.285. The number of nitrogens with zero attached hydrogens (tertiary/aromatic N) is 3. The summed E-state index contributed by atoms with van der Waals surface area (Å²) in [5.74, 6) is 0.0912. The molecule has 0 radical (unpaired) electrons. The zero-order chi connectivity index (χ0) is 14.4. The van der Waals surface area contributed by atoms with E-state index in [1.165, 1.54) is 4.90 Å². The van der Waals surface area contributed by atoms with Gasteiger partial charge in [0, 0.05) is 20.1 Å². The molecule has 0 saturated heterocycles. The third kappa shape index (κ3) is 4.11. The van der Waals surface area contributed by atoms with Gasteiger partial charge in [0.15, 0.2) is 0 Å². The number of hydrogen-bond acceptors (Lipinski definition) is 4. The van der Waals surface area contributed by atoms with E-state index in [2.05, 4.69) is 16.4 Å². The first-order valence-electron chi connectivity index (χ1n) is 6.05. The largest absolute Gasteiger partial charge is 0.370 e. The highest BCUT2D eigenvalue weighted by atomic mass is 35.5. The van der Waals surface area contributed by atoms with Crippen molar-refractivity contribution >= 4 is 23.3 Å². The molecule has 102 valence electrons. The SMILES string of the molecule is CCNc1ccc(Cl)c(C(=O)N(C)CC(C)C#N)n1. The van der Waals surface area contributed by atoms with Crippen molar-refractivity contribution in [2.45, 2.75) is 13.8 Å². The molecule has 1 N–H and O–H groups in total. The molecule has 1 atom stereocenters. The van der Waals surface area contributed by atoms with E-state index in [1.54, 1.807) is 26.1 Å². The number of carbonyl (C=O) groups excluding carboxylic acids is 1. The summed E-state index contributed by atoms with van der Waals surface area (Å²) < 4.78 is 0. The van der Waals surface area contributed by atoms with Gasteiger partial charge in [-0.15, -0.1) is 0 Å². The number of hydrogen-bond donors (Lipinski definition) is 1. The van der Waals surface area contributed by atoms with Gasteiger partial charge in [-0.1, -0.05) is 11.6 Å². The molecule has 19 heavy (non-hydrogen) atoms. The monoisotopic (exact) mass is 280 g/mol. The van der Waals surface area contributed by atoms with Crippen molar-refractivity contribution in [2.75, 3.05) is 25.5 Å². The van der Waals surface area contributed by atoms with Crippen LogP contribution in [0.15, 0.2) is 12.1 Å². The topological polar surface area (TPSA) is 69.0 Å². The minimum Gasteiger partial charge on any atom is -0.370 e. The van der Waals surface area contributed by atoms with E-state index < -0.39 is 0 Å². The molecule has 5 nitrogen and oxygen atoms in total. The highest BCUT2D eigenvalue weighted by molar-refractivity contribution is 6.33. The van der Waals surface area contributed by atoms with Crippen molar-refractivity contribution in [1.82, 2.24) is 9.88 Å². The van der Waals surface area contributed by atoms with Crippen LogP contribution in [0.2, 0.25) is 5.02 Å². The second-order valence-corrected chi connectivity index (χ2v) is 4.68. The Hall–Kier alpha value is -1.80. The first-order valence-corrected chi connectivity index (χ1v) is 6.42. The minimum absolute atomic E-state index is 0.202. The number of halogens is 1. The van der Waals surface area contributed by atoms with E-state index in [1.807, 2.05) is 6.92 Å². The molecule has 0 aliphatic carbocycles. The molecule has 1 aromatic heterocycles. The summed E-state index contributed by atoms with van der Waals surface area (Å²) in [6, 6.07) is 5.45. The fourth-order valence-electron chi connectivity index (χ4n) is 1.59. The van der Waals surface area contributed by atoms with Crippen LogP contribution in [0.1, 0.15) is 24.3 Å². The van der Waals surface area contributed by atoms with Crippen molar-refractivity contribution in [3.05, 3.63) is 22.8 Å². The van der Waals surface area contributed by atoms with Crippen LogP contribution in [0.5, 0.6) is 0 Å². The standard InChI is InChI=1S/C13H17ClN4O/c1-4-16-11-6-5-10(14)12(17-11)13(19)18(3)8-9(2)7-15/h5-6,9H,4,8H2,1-3H3,(H,16,17). The number of aromatic nitrogens is 1. The number of amides is 1. The Morgan fingerprint density at radius 2 is 2.32 bits per heavy atom. The van der Waals surface area contributed by atoms with E-state index >= 15 is 0 Å². The summed E-state index contributed by atoms with van der Waals surface area (Å²) in [7, 11) is 1.63. The molecule has 1 amide bonds. The normalized spacial score (nSPS) is 11.5. The maximum atomic E-state index is 12.2. The lowest BCUT2D eigenvalue weighted by Gasteiger charge is -2.18. The molecule has 6 heteroatoms. The van der Waals surface area contributed by atoms with Gasteiger partial charge in [-0.2, -0.15) is 5.26 Å². The first kappa shape index (κ1) is 15.3. The first-order chi connectivity index (χ1) is 8.99. The summed E-state index contributed by atoms with van der Waals surface area (Å²) in [5.41, 5.74) is 0.202. The molecule has 1 heterocycles. The number of rotatable bonds is 5. The molecule has 0 bridgehead atoms. The van der Waals surface area contributed by atoms with Gasteiger partial charge in [-0.05, 0) is 26.0 Å². The van der Waals surface area contributed by atoms with E-state index in [4.69, 9.17) is 16.9 Å². The van der Waals surface area contributed by atoms with Gasteiger partial charge >= 0.3 is 0 Å². The molecule has 0 fully saturated rings. The van der Waals surface area contributed by atoms with Crippen LogP contribution in [0.25, 0.3) is 0 Å². The summed E-state index contributed by atoms with van der Waals surface area (Å²) in [5, 5.41) is 12.1. The molecule has 0 aliphatic rings. The average Bonchev–Trinajstić information content (AvgIpc) is 2.40. The van der Waals surface area contributed by atoms with E-state index in [0.717, 1.165) is 0 Å². The zero-order valence-corrected chi connectivity index (χ0v) is 12.0. The van der Waals surface area contributed by atoms with Gasteiger partial charge in [-0.25, -0.2) is 4.98 Å². The number of anilines is 1. The van der Waals surface area contributed by atoms with Gasteiger partial charge in [0.2, 0.25) is 0 Å². The van der Waals surface area contributed by atoms with Crippen molar-refractivity contribution in [2.24, 2.45) is 5.92 Å². The van der Waals surface area contributed by atoms with Gasteiger partial charge in [0.25, 0.3) is 5.91 Å². The number of nitriles is 1. The number of nitrogens with one attached hydrogen (secondary N) is 1. The van der Waals surface area contributed by atoms with Gasteiger partial charge in [0.1, 0.15) is 11.5 Å². The van der Waals surface area contributed by atoms with Crippen molar-refractivity contribution in [3.63, 3.8) is 0 Å². The maximum Gasteiger partial charge on any atom is 0.273 e. The lowest BCUT2D eigenvalue weighted by atomic mass is 10.2. The smallest absolute Gasteiger partial charge is 0.273 e. The Labute approximate surface area is 118 Å². The van der Waals surface area contributed by atoms with Crippen LogP contribution in [0, 0.1) is 17.2 Å². The Bertz CT molecular complexity index is 498. The van der Waals surface area contributed by atoms with Crippen molar-refractivity contribution in [1.29, 1.82) is 5.26 Å². The molecule has 1 aromatic rings. The highest BCUT2D eigenvalue weighted by Gasteiger charge is 2.19. The van der Waals surface area contributed by atoms with Crippen molar-refractivity contribution in [3.8, 4) is 6.07 Å². The second-order valence-electron chi connectivity index (χ2n) is 4.27. The van der Waals surface area contributed by atoms with E-state index in [-0.39, 0.29) is 17.5 Å². The summed E-state index contributed by atoms with van der Waals surface area (Å²) in [4.78, 5) is 17.9. The Morgan fingerprint density at radius 1 is 1.63 bits per heavy atom. The quantitative estimate of drug-likeness (QED) is 0.899. The molecule has 0 spiro atoms. The molecule has 0 aromatic carbocycles. The molecular weight excluding hydrogens is 264 g/mol. The third-order valence-electron chi connectivity index (χ3n) is 2.52. The Morgan fingerprint density at radius 3 is 2.89 bits per heavy atom. The summed E-state index contributed by atoms with van der Waals surface area (Å²) >= 11 is 6.00. The number of pyridine rings is 1. The van der Waals surface area contributed by atoms with Gasteiger partial charge in [0.05, 0.1) is 17.0 Å². The highest BCUT2D eigenvalue weighted by Crippen LogP contribution is 2.18. The summed E-state index contributed by atoms with van der Waals surface area (Å²) in [6.07, 6.45) is 0. The van der Waals surface area contributed by atoms with Gasteiger partial charge < -0.3 is 10.2 Å². The zero-order valence-electron chi connectivity index (χ0n) is 11.3. The molecule has 1 rings (SSSR count). The fourth-order valence-corrected chi connectivity index (χ4v) is 1.77. The molecule has 0 saturated carbocycles. The maximum absolute atomic E-state index is 12.2. The van der Waals surface area contributed by atoms with Crippen molar-refractivity contribution < 1.29 is 4.79 Å². The lowest BCUT2D eigenvalue weighted by Crippen LogP contribution is -2.31. The summed E-state index contributed by atoms with van der Waals surface area (Å²) in [6.45, 7) is 4.76. The van der Waals surface area contributed by atoms with Crippen LogP contribution < -0.4 is 5.32 Å². The van der Waals surface area contributed by atoms with Crippen LogP contribution in [-0.2, 0) is 0 Å². The predicted octanol–water partition coefficient (Wildman–Crippen LogP) is 2.40. The number of carbonyl (C=O) groups is 1. The fraction of sp³-hybridized carbons (Fsp3) is 0.462.